The minimum absolute atomic E-state index is 0.134. The third-order valence-corrected chi connectivity index (χ3v) is 4.01. The van der Waals surface area contributed by atoms with E-state index in [1.54, 1.807) is 0 Å². The molecule has 0 amide bonds. The Hall–Kier alpha value is -1.09. The van der Waals surface area contributed by atoms with Gasteiger partial charge >= 0.3 is 7.12 Å². The Labute approximate surface area is 117 Å². The molecule has 0 spiro atoms. The first-order chi connectivity index (χ1) is 8.68. The predicted molar refractivity (Wildman–Crippen MR) is 71.8 cm³/mol. The van der Waals surface area contributed by atoms with Crippen molar-refractivity contribution in [1.29, 1.82) is 5.26 Å². The summed E-state index contributed by atoms with van der Waals surface area (Å²) in [6.45, 7) is 7.51. The van der Waals surface area contributed by atoms with E-state index in [0.29, 0.717) is 0 Å². The molecule has 1 saturated heterocycles. The van der Waals surface area contributed by atoms with Gasteiger partial charge in [-0.3, -0.25) is 0 Å². The summed E-state index contributed by atoms with van der Waals surface area (Å²) in [6.07, 6.45) is 0. The van der Waals surface area contributed by atoms with E-state index in [9.17, 15) is 4.39 Å². The molecular weight excluding hydrogens is 267 g/mol. The summed E-state index contributed by atoms with van der Waals surface area (Å²) in [5.74, 6) is -0.595. The molecule has 0 bridgehead atoms. The van der Waals surface area contributed by atoms with Gasteiger partial charge in [0.1, 0.15) is 5.82 Å². The Kier molecular flexibility index (Phi) is 3.38. The van der Waals surface area contributed by atoms with Crippen LogP contribution in [0.4, 0.5) is 4.39 Å². The first-order valence-corrected chi connectivity index (χ1v) is 6.30. The second-order valence-corrected chi connectivity index (χ2v) is 5.96. The van der Waals surface area contributed by atoms with Gasteiger partial charge in [0.15, 0.2) is 0 Å². The van der Waals surface area contributed by atoms with Crippen LogP contribution in [0.25, 0.3) is 0 Å². The van der Waals surface area contributed by atoms with Crippen LogP contribution in [0.15, 0.2) is 12.1 Å². The van der Waals surface area contributed by atoms with Crippen LogP contribution in [0.2, 0.25) is 5.02 Å². The highest BCUT2D eigenvalue weighted by atomic mass is 35.5. The van der Waals surface area contributed by atoms with Crippen LogP contribution in [0, 0.1) is 17.1 Å². The molecule has 1 aliphatic heterocycles. The number of hydrogen-bond acceptors (Lipinski definition) is 3. The molecule has 2 rings (SSSR count). The van der Waals surface area contributed by atoms with Crippen molar-refractivity contribution in [2.45, 2.75) is 38.9 Å². The van der Waals surface area contributed by atoms with E-state index >= 15 is 0 Å². The van der Waals surface area contributed by atoms with Crippen LogP contribution in [0.3, 0.4) is 0 Å². The third kappa shape index (κ3) is 2.36. The van der Waals surface area contributed by atoms with Gasteiger partial charge in [-0.15, -0.1) is 0 Å². The first kappa shape index (κ1) is 14.3. The summed E-state index contributed by atoms with van der Waals surface area (Å²) >= 11 is 6.03. The second-order valence-electron chi connectivity index (χ2n) is 5.55. The Morgan fingerprint density at radius 3 is 2.16 bits per heavy atom. The average molecular weight is 282 g/mol. The Morgan fingerprint density at radius 1 is 1.21 bits per heavy atom. The lowest BCUT2D eigenvalue weighted by Crippen LogP contribution is -2.41. The zero-order valence-electron chi connectivity index (χ0n) is 11.3. The highest BCUT2D eigenvalue weighted by Gasteiger charge is 2.53. The number of halogens is 2. The third-order valence-electron chi connectivity index (χ3n) is 3.70. The van der Waals surface area contributed by atoms with E-state index in [4.69, 9.17) is 26.2 Å². The number of nitrogens with zero attached hydrogens (tertiary/aromatic N) is 1. The molecule has 6 heteroatoms. The maximum absolute atomic E-state index is 14.1. The largest absolute Gasteiger partial charge is 0.499 e. The van der Waals surface area contributed by atoms with E-state index in [2.05, 4.69) is 0 Å². The molecule has 1 aromatic carbocycles. The second kappa shape index (κ2) is 4.48. The molecule has 0 atom stereocenters. The van der Waals surface area contributed by atoms with Crippen molar-refractivity contribution in [2.24, 2.45) is 0 Å². The smallest absolute Gasteiger partial charge is 0.399 e. The zero-order valence-corrected chi connectivity index (χ0v) is 12.0. The zero-order chi connectivity index (χ0) is 14.4. The van der Waals surface area contributed by atoms with Crippen LogP contribution in [0.5, 0.6) is 0 Å². The van der Waals surface area contributed by atoms with Gasteiger partial charge in [-0.05, 0) is 39.8 Å². The quantitative estimate of drug-likeness (QED) is 0.743. The van der Waals surface area contributed by atoms with Crippen LogP contribution in [0.1, 0.15) is 33.3 Å². The molecule has 3 nitrogen and oxygen atoms in total. The van der Waals surface area contributed by atoms with E-state index in [1.807, 2.05) is 33.8 Å². The summed E-state index contributed by atoms with van der Waals surface area (Å²) in [5.41, 5.74) is -0.829. The van der Waals surface area contributed by atoms with Gasteiger partial charge in [0.05, 0.1) is 22.8 Å². The van der Waals surface area contributed by atoms with Crippen LogP contribution >= 0.6 is 11.6 Å². The molecule has 0 saturated carbocycles. The molecule has 19 heavy (non-hydrogen) atoms. The molecule has 0 aromatic heterocycles. The Balaban J connectivity index is 2.44. The molecule has 1 heterocycles. The maximum atomic E-state index is 14.1. The molecule has 0 N–H and O–H groups in total. The number of rotatable bonds is 1. The number of nitriles is 1. The Bertz CT molecular complexity index is 529. The molecule has 1 aromatic rings. The van der Waals surface area contributed by atoms with E-state index in [1.165, 1.54) is 6.07 Å². The van der Waals surface area contributed by atoms with Gasteiger partial charge < -0.3 is 9.31 Å². The van der Waals surface area contributed by atoms with Crippen LogP contribution in [-0.4, -0.2) is 18.3 Å². The van der Waals surface area contributed by atoms with Crippen molar-refractivity contribution in [3.63, 3.8) is 0 Å². The van der Waals surface area contributed by atoms with Crippen molar-refractivity contribution in [3.05, 3.63) is 28.5 Å². The highest BCUT2D eigenvalue weighted by molar-refractivity contribution is 6.65. The standard InChI is InChI=1S/C13H14BClFNO2/c1-12(2)13(3,4)19-14(18-12)11-9(15)5-8(7-17)6-10(11)16/h5-6H,1-4H3. The summed E-state index contributed by atoms with van der Waals surface area (Å²) in [5, 5.41) is 8.91. The van der Waals surface area contributed by atoms with E-state index in [-0.39, 0.29) is 16.0 Å². The van der Waals surface area contributed by atoms with Crippen LogP contribution < -0.4 is 5.46 Å². The average Bonchev–Trinajstić information content (AvgIpc) is 2.46. The fraction of sp³-hybridized carbons (Fsp3) is 0.462. The lowest BCUT2D eigenvalue weighted by Gasteiger charge is -2.32. The molecule has 1 fully saturated rings. The van der Waals surface area contributed by atoms with Crippen LogP contribution in [-0.2, 0) is 9.31 Å². The maximum Gasteiger partial charge on any atom is 0.499 e. The number of hydrogen-bond donors (Lipinski definition) is 0. The van der Waals surface area contributed by atoms with Crippen molar-refractivity contribution in [1.82, 2.24) is 0 Å². The fourth-order valence-electron chi connectivity index (χ4n) is 1.83. The van der Waals surface area contributed by atoms with Crippen molar-refractivity contribution < 1.29 is 13.7 Å². The SMILES string of the molecule is CC1(C)OB(c2c(F)cc(C#N)cc2Cl)OC1(C)C. The van der Waals surface area contributed by atoms with Gasteiger partial charge in [0, 0.05) is 10.5 Å². The summed E-state index contributed by atoms with van der Waals surface area (Å²) < 4.78 is 25.6. The molecule has 100 valence electrons. The topological polar surface area (TPSA) is 42.2 Å². The molecular formula is C13H14BClFNO2. The van der Waals surface area contributed by atoms with Gasteiger partial charge in [-0.2, -0.15) is 5.26 Å². The first-order valence-electron chi connectivity index (χ1n) is 5.92. The van der Waals surface area contributed by atoms with Crippen molar-refractivity contribution in [2.75, 3.05) is 0 Å². The molecule has 0 radical (unpaired) electrons. The van der Waals surface area contributed by atoms with E-state index in [0.717, 1.165) is 6.07 Å². The van der Waals surface area contributed by atoms with Gasteiger partial charge in [0.2, 0.25) is 0 Å². The van der Waals surface area contributed by atoms with Gasteiger partial charge in [-0.1, -0.05) is 11.6 Å². The van der Waals surface area contributed by atoms with Gasteiger partial charge in [0.25, 0.3) is 0 Å². The molecule has 1 aliphatic rings. The number of benzene rings is 1. The minimum Gasteiger partial charge on any atom is -0.399 e. The summed E-state index contributed by atoms with van der Waals surface area (Å²) in [6, 6.07) is 4.39. The summed E-state index contributed by atoms with van der Waals surface area (Å²) in [4.78, 5) is 0. The predicted octanol–water partition coefficient (Wildman–Crippen LogP) is 2.65. The normalized spacial score (nSPS) is 20.4. The van der Waals surface area contributed by atoms with Gasteiger partial charge in [-0.25, -0.2) is 4.39 Å². The fourth-order valence-corrected chi connectivity index (χ4v) is 2.13. The monoisotopic (exact) mass is 281 g/mol. The van der Waals surface area contributed by atoms with Crippen molar-refractivity contribution in [3.8, 4) is 6.07 Å². The minimum atomic E-state index is -0.870. The molecule has 0 aliphatic carbocycles. The highest BCUT2D eigenvalue weighted by Crippen LogP contribution is 2.37. The molecule has 0 unspecified atom stereocenters. The lowest BCUT2D eigenvalue weighted by atomic mass is 9.78. The lowest BCUT2D eigenvalue weighted by molar-refractivity contribution is 0.00578. The summed E-state index contributed by atoms with van der Waals surface area (Å²) in [7, 11) is -0.870. The van der Waals surface area contributed by atoms with E-state index < -0.39 is 24.1 Å². The Morgan fingerprint density at radius 2 is 1.74 bits per heavy atom. The van der Waals surface area contributed by atoms with Crippen molar-refractivity contribution >= 4 is 24.2 Å².